The minimum absolute atomic E-state index is 0.158. The highest BCUT2D eigenvalue weighted by Crippen LogP contribution is 2.34. The number of hydrogen-bond donors (Lipinski definition) is 3. The fourth-order valence-electron chi connectivity index (χ4n) is 5.75. The SMILES string of the molecule is NC(=O)C(c1ccccc1)C1CCCCN1C(=O)c1n[nH]c2c1CN(C(=O)c1cc(Br)cc3[nH]ncc13)C2. The molecule has 2 aromatic carbocycles. The Morgan fingerprint density at radius 1 is 1.05 bits per heavy atom. The van der Waals surface area contributed by atoms with Gasteiger partial charge < -0.3 is 15.5 Å². The Morgan fingerprint density at radius 3 is 2.66 bits per heavy atom. The number of H-pyrrole nitrogens is 2. The van der Waals surface area contributed by atoms with Crippen LogP contribution in [0.25, 0.3) is 10.9 Å². The van der Waals surface area contributed by atoms with E-state index in [1.165, 1.54) is 0 Å². The van der Waals surface area contributed by atoms with E-state index in [-0.39, 0.29) is 24.4 Å². The van der Waals surface area contributed by atoms with Crippen LogP contribution in [0.3, 0.4) is 0 Å². The number of nitrogens with two attached hydrogens (primary N) is 1. The van der Waals surface area contributed by atoms with E-state index in [2.05, 4.69) is 36.3 Å². The van der Waals surface area contributed by atoms with Gasteiger partial charge in [0.25, 0.3) is 11.8 Å². The smallest absolute Gasteiger partial charge is 0.274 e. The van der Waals surface area contributed by atoms with Crippen molar-refractivity contribution in [2.24, 2.45) is 5.73 Å². The lowest BCUT2D eigenvalue weighted by atomic mass is 9.84. The lowest BCUT2D eigenvalue weighted by Gasteiger charge is -2.39. The number of nitrogens with zero attached hydrogens (tertiary/aromatic N) is 4. The third-order valence-electron chi connectivity index (χ3n) is 7.55. The lowest BCUT2D eigenvalue weighted by molar-refractivity contribution is -0.121. The molecule has 0 bridgehead atoms. The number of aromatic amines is 2. The number of benzene rings is 2. The molecule has 0 spiro atoms. The summed E-state index contributed by atoms with van der Waals surface area (Å²) in [5, 5.41) is 15.0. The lowest BCUT2D eigenvalue weighted by Crippen LogP contribution is -2.50. The van der Waals surface area contributed by atoms with Crippen LogP contribution >= 0.6 is 15.9 Å². The fraction of sp³-hybridized carbons (Fsp3) is 0.296. The molecule has 4 aromatic rings. The minimum atomic E-state index is -0.612. The van der Waals surface area contributed by atoms with Crippen molar-refractivity contribution < 1.29 is 14.4 Å². The van der Waals surface area contributed by atoms with E-state index < -0.39 is 11.8 Å². The predicted molar refractivity (Wildman–Crippen MR) is 143 cm³/mol. The van der Waals surface area contributed by atoms with Crippen LogP contribution in [0.5, 0.6) is 0 Å². The molecule has 0 aliphatic carbocycles. The standard InChI is InChI=1S/C27H26BrN7O3/c28-16-10-17(18-12-30-31-20(18)11-16)26(37)34-13-19-21(14-34)32-33-24(19)27(38)35-9-5-4-8-22(35)23(25(29)36)15-6-2-1-3-7-15/h1-3,6-7,10-12,22-23H,4-5,8-9,13-14H2,(H2,29,36)(H,30,31)(H,32,33). The highest BCUT2D eigenvalue weighted by molar-refractivity contribution is 9.10. The Bertz CT molecular complexity index is 1550. The average molecular weight is 576 g/mol. The maximum Gasteiger partial charge on any atom is 0.274 e. The topological polar surface area (TPSA) is 141 Å². The highest BCUT2D eigenvalue weighted by atomic mass is 79.9. The van der Waals surface area contributed by atoms with Crippen molar-refractivity contribution in [1.82, 2.24) is 30.2 Å². The number of primary amides is 1. The van der Waals surface area contributed by atoms with Gasteiger partial charge in [-0.25, -0.2) is 0 Å². The van der Waals surface area contributed by atoms with E-state index in [4.69, 9.17) is 5.73 Å². The van der Waals surface area contributed by atoms with E-state index in [9.17, 15) is 14.4 Å². The van der Waals surface area contributed by atoms with Gasteiger partial charge in [0, 0.05) is 28.0 Å². The summed E-state index contributed by atoms with van der Waals surface area (Å²) in [5.41, 5.74) is 9.69. The second kappa shape index (κ2) is 9.71. The molecule has 0 radical (unpaired) electrons. The molecule has 3 amide bonds. The van der Waals surface area contributed by atoms with Crippen LogP contribution in [-0.4, -0.2) is 60.5 Å². The van der Waals surface area contributed by atoms with Crippen LogP contribution < -0.4 is 5.73 Å². The predicted octanol–water partition coefficient (Wildman–Crippen LogP) is 3.47. The van der Waals surface area contributed by atoms with Gasteiger partial charge in [-0.1, -0.05) is 46.3 Å². The van der Waals surface area contributed by atoms with Crippen molar-refractivity contribution in [3.63, 3.8) is 0 Å². The molecule has 11 heteroatoms. The third kappa shape index (κ3) is 4.16. The summed E-state index contributed by atoms with van der Waals surface area (Å²) >= 11 is 3.47. The summed E-state index contributed by atoms with van der Waals surface area (Å²) in [5.74, 6) is -1.47. The first-order valence-corrected chi connectivity index (χ1v) is 13.3. The summed E-state index contributed by atoms with van der Waals surface area (Å²) in [6.07, 6.45) is 4.05. The second-order valence-electron chi connectivity index (χ2n) is 9.83. The number of carbonyl (C=O) groups is 3. The molecular formula is C27H26BrN7O3. The summed E-state index contributed by atoms with van der Waals surface area (Å²) < 4.78 is 0.770. The molecule has 38 heavy (non-hydrogen) atoms. The van der Waals surface area contributed by atoms with Crippen molar-refractivity contribution in [1.29, 1.82) is 0 Å². The van der Waals surface area contributed by atoms with Crippen molar-refractivity contribution in [2.75, 3.05) is 6.54 Å². The normalized spacial score (nSPS) is 18.0. The highest BCUT2D eigenvalue weighted by Gasteiger charge is 2.40. The van der Waals surface area contributed by atoms with Gasteiger partial charge in [-0.05, 0) is 37.0 Å². The quantitative estimate of drug-likeness (QED) is 0.334. The molecule has 10 nitrogen and oxygen atoms in total. The molecule has 2 aliphatic heterocycles. The fourth-order valence-corrected chi connectivity index (χ4v) is 6.21. The largest absolute Gasteiger partial charge is 0.369 e. The number of halogens is 1. The molecule has 2 aromatic heterocycles. The van der Waals surface area contributed by atoms with E-state index >= 15 is 0 Å². The number of piperidine rings is 1. The summed E-state index contributed by atoms with van der Waals surface area (Å²) in [4.78, 5) is 43.4. The maximum atomic E-state index is 13.9. The molecule has 4 N–H and O–H groups in total. The zero-order valence-electron chi connectivity index (χ0n) is 20.5. The number of likely N-dealkylation sites (tertiary alicyclic amines) is 1. The van der Waals surface area contributed by atoms with Crippen LogP contribution in [0.4, 0.5) is 0 Å². The van der Waals surface area contributed by atoms with Gasteiger partial charge in [0.1, 0.15) is 0 Å². The van der Waals surface area contributed by atoms with Crippen molar-refractivity contribution in [3.8, 4) is 0 Å². The van der Waals surface area contributed by atoms with Gasteiger partial charge in [0.15, 0.2) is 5.69 Å². The van der Waals surface area contributed by atoms with Gasteiger partial charge in [-0.2, -0.15) is 10.2 Å². The monoisotopic (exact) mass is 575 g/mol. The van der Waals surface area contributed by atoms with E-state index in [0.717, 1.165) is 39.5 Å². The van der Waals surface area contributed by atoms with E-state index in [0.29, 0.717) is 36.3 Å². The zero-order chi connectivity index (χ0) is 26.4. The van der Waals surface area contributed by atoms with E-state index in [1.807, 2.05) is 36.4 Å². The van der Waals surface area contributed by atoms with Gasteiger partial charge in [-0.3, -0.25) is 24.6 Å². The Labute approximate surface area is 226 Å². The number of fused-ring (bicyclic) bond motifs is 2. The molecule has 2 unspecified atom stereocenters. The molecule has 194 valence electrons. The molecule has 0 saturated carbocycles. The number of aromatic nitrogens is 4. The first-order valence-electron chi connectivity index (χ1n) is 12.6. The second-order valence-corrected chi connectivity index (χ2v) is 10.7. The summed E-state index contributed by atoms with van der Waals surface area (Å²) in [6, 6.07) is 12.7. The number of carbonyl (C=O) groups excluding carboxylic acids is 3. The molecular weight excluding hydrogens is 550 g/mol. The Kier molecular flexibility index (Phi) is 6.22. The van der Waals surface area contributed by atoms with Crippen LogP contribution in [0.2, 0.25) is 0 Å². The molecule has 4 heterocycles. The molecule has 2 aliphatic rings. The Hall–Kier alpha value is -3.99. The van der Waals surface area contributed by atoms with Crippen LogP contribution in [0.1, 0.15) is 62.8 Å². The number of nitrogens with one attached hydrogen (secondary N) is 2. The number of hydrogen-bond acceptors (Lipinski definition) is 5. The minimum Gasteiger partial charge on any atom is -0.369 e. The van der Waals surface area contributed by atoms with Crippen molar-refractivity contribution in [2.45, 2.75) is 44.3 Å². The summed E-state index contributed by atoms with van der Waals surface area (Å²) in [7, 11) is 0. The molecule has 1 saturated heterocycles. The third-order valence-corrected chi connectivity index (χ3v) is 8.01. The van der Waals surface area contributed by atoms with Crippen molar-refractivity contribution >= 4 is 44.6 Å². The van der Waals surface area contributed by atoms with Crippen molar-refractivity contribution in [3.05, 3.63) is 81.2 Å². The van der Waals surface area contributed by atoms with Crippen LogP contribution in [-0.2, 0) is 17.9 Å². The Morgan fingerprint density at radius 2 is 1.87 bits per heavy atom. The zero-order valence-corrected chi connectivity index (χ0v) is 22.1. The first kappa shape index (κ1) is 24.4. The Balaban J connectivity index is 1.27. The first-order chi connectivity index (χ1) is 18.4. The van der Waals surface area contributed by atoms with Gasteiger partial charge in [-0.15, -0.1) is 0 Å². The molecule has 6 rings (SSSR count). The van der Waals surface area contributed by atoms with Gasteiger partial charge in [0.2, 0.25) is 5.91 Å². The van der Waals surface area contributed by atoms with E-state index in [1.54, 1.807) is 22.1 Å². The van der Waals surface area contributed by atoms with Crippen LogP contribution in [0.15, 0.2) is 53.1 Å². The number of amides is 3. The number of rotatable bonds is 5. The van der Waals surface area contributed by atoms with Crippen LogP contribution in [0, 0.1) is 0 Å². The maximum absolute atomic E-state index is 13.9. The molecule has 1 fully saturated rings. The average Bonchev–Trinajstić information content (AvgIpc) is 3.64. The molecule has 2 atom stereocenters. The summed E-state index contributed by atoms with van der Waals surface area (Å²) in [6.45, 7) is 1.09. The van der Waals surface area contributed by atoms with Gasteiger partial charge in [0.05, 0.1) is 42.0 Å². The van der Waals surface area contributed by atoms with Gasteiger partial charge >= 0.3 is 0 Å².